The molecule has 102 valence electrons. The van der Waals surface area contributed by atoms with Gasteiger partial charge in [-0.2, -0.15) is 0 Å². The topological polar surface area (TPSA) is 43.6 Å². The average Bonchev–Trinajstić information content (AvgIpc) is 3.09. The first-order valence-corrected chi connectivity index (χ1v) is 7.83. The van der Waals surface area contributed by atoms with Crippen LogP contribution in [0.15, 0.2) is 46.9 Å². The van der Waals surface area contributed by atoms with Crippen LogP contribution >= 0.6 is 23.1 Å². The monoisotopic (exact) mass is 306 g/mol. The summed E-state index contributed by atoms with van der Waals surface area (Å²) in [6.45, 7) is 0.663. The van der Waals surface area contributed by atoms with Crippen molar-refractivity contribution in [2.24, 2.45) is 0 Å². The highest BCUT2D eigenvalue weighted by Gasteiger charge is 2.08. The van der Waals surface area contributed by atoms with Crippen molar-refractivity contribution in [3.63, 3.8) is 0 Å². The number of nitrogens with zero attached hydrogens (tertiary/aromatic N) is 4. The molecule has 0 unspecified atom stereocenters. The molecule has 0 N–H and O–H groups in total. The molecule has 0 saturated heterocycles. The molecule has 0 aliphatic heterocycles. The molecule has 0 fully saturated rings. The molecule has 4 nitrogen and oxygen atoms in total. The fourth-order valence-electron chi connectivity index (χ4n) is 1.72. The lowest BCUT2D eigenvalue weighted by Crippen LogP contribution is -2.02. The summed E-state index contributed by atoms with van der Waals surface area (Å²) < 4.78 is 14.9. The van der Waals surface area contributed by atoms with Gasteiger partial charge in [0.1, 0.15) is 5.82 Å². The summed E-state index contributed by atoms with van der Waals surface area (Å²) in [4.78, 5) is 1.20. The van der Waals surface area contributed by atoms with Crippen LogP contribution in [0.3, 0.4) is 0 Å². The van der Waals surface area contributed by atoms with E-state index in [-0.39, 0.29) is 5.82 Å². The van der Waals surface area contributed by atoms with E-state index in [2.05, 4.69) is 15.5 Å². The fourth-order valence-corrected chi connectivity index (χ4v) is 3.23. The van der Waals surface area contributed by atoms with E-state index < -0.39 is 0 Å². The standard InChI is InChI=1S/C13H11FN4S2/c14-11-4-1-3-10(7-11)9-20-13-15-16-17-18(13)8-12-5-2-6-19-12/h1-7H,8-9H2. The number of thioether (sulfide) groups is 1. The van der Waals surface area contributed by atoms with Crippen LogP contribution in [0.1, 0.15) is 10.4 Å². The summed E-state index contributed by atoms with van der Waals surface area (Å²) in [7, 11) is 0. The maximum absolute atomic E-state index is 13.1. The van der Waals surface area contributed by atoms with Crippen molar-refractivity contribution in [2.75, 3.05) is 0 Å². The molecule has 0 radical (unpaired) electrons. The maximum Gasteiger partial charge on any atom is 0.209 e. The normalized spacial score (nSPS) is 10.8. The molecular weight excluding hydrogens is 295 g/mol. The predicted octanol–water partition coefficient (Wildman–Crippen LogP) is 3.21. The molecule has 0 amide bonds. The summed E-state index contributed by atoms with van der Waals surface area (Å²) in [6.07, 6.45) is 0. The van der Waals surface area contributed by atoms with E-state index in [0.717, 1.165) is 10.7 Å². The van der Waals surface area contributed by atoms with Gasteiger partial charge in [0.05, 0.1) is 6.54 Å². The van der Waals surface area contributed by atoms with Crippen LogP contribution in [0.2, 0.25) is 0 Å². The Morgan fingerprint density at radius 2 is 2.20 bits per heavy atom. The van der Waals surface area contributed by atoms with Crippen LogP contribution in [0.4, 0.5) is 4.39 Å². The van der Waals surface area contributed by atoms with Crippen molar-refractivity contribution in [1.82, 2.24) is 20.2 Å². The molecule has 2 aromatic heterocycles. The molecule has 3 rings (SSSR count). The highest BCUT2D eigenvalue weighted by molar-refractivity contribution is 7.98. The predicted molar refractivity (Wildman–Crippen MR) is 77.2 cm³/mol. The second-order valence-electron chi connectivity index (χ2n) is 4.12. The molecule has 0 atom stereocenters. The van der Waals surface area contributed by atoms with Crippen molar-refractivity contribution in [3.8, 4) is 0 Å². The Morgan fingerprint density at radius 3 is 3.00 bits per heavy atom. The van der Waals surface area contributed by atoms with E-state index in [1.807, 2.05) is 23.6 Å². The molecule has 0 aliphatic carbocycles. The summed E-state index contributed by atoms with van der Waals surface area (Å²) in [6, 6.07) is 10.6. The van der Waals surface area contributed by atoms with Gasteiger partial charge in [-0.25, -0.2) is 9.07 Å². The van der Waals surface area contributed by atoms with E-state index >= 15 is 0 Å². The van der Waals surface area contributed by atoms with Crippen LogP contribution in [-0.4, -0.2) is 20.2 Å². The number of rotatable bonds is 5. The Morgan fingerprint density at radius 1 is 1.25 bits per heavy atom. The third-order valence-corrected chi connectivity index (χ3v) is 4.53. The van der Waals surface area contributed by atoms with Gasteiger partial charge in [-0.05, 0) is 39.6 Å². The molecule has 20 heavy (non-hydrogen) atoms. The van der Waals surface area contributed by atoms with Gasteiger partial charge in [-0.1, -0.05) is 30.0 Å². The Balaban J connectivity index is 1.67. The van der Waals surface area contributed by atoms with Crippen molar-refractivity contribution in [2.45, 2.75) is 17.5 Å². The number of tetrazole rings is 1. The van der Waals surface area contributed by atoms with Crippen molar-refractivity contribution in [1.29, 1.82) is 0 Å². The first kappa shape index (κ1) is 13.3. The molecule has 1 aromatic carbocycles. The summed E-state index contributed by atoms with van der Waals surface area (Å²) in [5.41, 5.74) is 0.917. The lowest BCUT2D eigenvalue weighted by molar-refractivity contribution is 0.608. The number of hydrogen-bond acceptors (Lipinski definition) is 5. The second kappa shape index (κ2) is 6.15. The number of thiophene rings is 1. The highest BCUT2D eigenvalue weighted by atomic mass is 32.2. The van der Waals surface area contributed by atoms with Crippen LogP contribution in [-0.2, 0) is 12.3 Å². The fraction of sp³-hybridized carbons (Fsp3) is 0.154. The molecule has 0 bridgehead atoms. The zero-order chi connectivity index (χ0) is 13.8. The van der Waals surface area contributed by atoms with Gasteiger partial charge in [-0.3, -0.25) is 0 Å². The van der Waals surface area contributed by atoms with Gasteiger partial charge < -0.3 is 0 Å². The number of hydrogen-bond donors (Lipinski definition) is 0. The van der Waals surface area contributed by atoms with E-state index in [4.69, 9.17) is 0 Å². The second-order valence-corrected chi connectivity index (χ2v) is 6.09. The Labute approximate surface area is 123 Å². The zero-order valence-corrected chi connectivity index (χ0v) is 12.1. The molecule has 0 saturated carbocycles. The van der Waals surface area contributed by atoms with Crippen LogP contribution in [0.5, 0.6) is 0 Å². The first-order chi connectivity index (χ1) is 9.81. The number of benzene rings is 1. The van der Waals surface area contributed by atoms with Crippen molar-refractivity contribution >= 4 is 23.1 Å². The van der Waals surface area contributed by atoms with Gasteiger partial charge in [0.15, 0.2) is 0 Å². The van der Waals surface area contributed by atoms with Crippen LogP contribution in [0.25, 0.3) is 0 Å². The van der Waals surface area contributed by atoms with Gasteiger partial charge in [0.2, 0.25) is 5.16 Å². The molecule has 2 heterocycles. The minimum absolute atomic E-state index is 0.221. The summed E-state index contributed by atoms with van der Waals surface area (Å²) in [5.74, 6) is 0.420. The molecule has 7 heteroatoms. The van der Waals surface area contributed by atoms with Gasteiger partial charge in [0.25, 0.3) is 0 Å². The van der Waals surface area contributed by atoms with Crippen molar-refractivity contribution < 1.29 is 4.39 Å². The average molecular weight is 306 g/mol. The van der Waals surface area contributed by atoms with Gasteiger partial charge in [0, 0.05) is 10.6 Å². The van der Waals surface area contributed by atoms with Crippen LogP contribution in [0, 0.1) is 5.82 Å². The van der Waals surface area contributed by atoms with Gasteiger partial charge >= 0.3 is 0 Å². The first-order valence-electron chi connectivity index (χ1n) is 5.97. The Kier molecular flexibility index (Phi) is 4.08. The molecule has 0 aliphatic rings. The SMILES string of the molecule is Fc1cccc(CSc2nnnn2Cc2cccs2)c1. The zero-order valence-electron chi connectivity index (χ0n) is 10.4. The lowest BCUT2D eigenvalue weighted by atomic mass is 10.2. The minimum Gasteiger partial charge on any atom is -0.215 e. The largest absolute Gasteiger partial charge is 0.215 e. The minimum atomic E-state index is -0.221. The number of aromatic nitrogens is 4. The van der Waals surface area contributed by atoms with Crippen LogP contribution < -0.4 is 0 Å². The third-order valence-electron chi connectivity index (χ3n) is 2.64. The van der Waals surface area contributed by atoms with E-state index in [0.29, 0.717) is 12.3 Å². The Hall–Kier alpha value is -1.73. The molecule has 0 spiro atoms. The molecule has 3 aromatic rings. The van der Waals surface area contributed by atoms with Gasteiger partial charge in [-0.15, -0.1) is 16.4 Å². The lowest BCUT2D eigenvalue weighted by Gasteiger charge is -2.03. The van der Waals surface area contributed by atoms with Crippen molar-refractivity contribution in [3.05, 3.63) is 58.0 Å². The van der Waals surface area contributed by atoms with E-state index in [9.17, 15) is 4.39 Å². The highest BCUT2D eigenvalue weighted by Crippen LogP contribution is 2.21. The summed E-state index contributed by atoms with van der Waals surface area (Å²) in [5, 5.41) is 14.5. The smallest absolute Gasteiger partial charge is 0.209 e. The van der Waals surface area contributed by atoms with E-state index in [1.165, 1.54) is 28.8 Å². The Bertz CT molecular complexity index is 681. The summed E-state index contributed by atoms with van der Waals surface area (Å²) >= 11 is 3.17. The maximum atomic E-state index is 13.1. The third kappa shape index (κ3) is 3.23. The quantitative estimate of drug-likeness (QED) is 0.679. The molecular formula is C13H11FN4S2. The number of halogens is 1. The van der Waals surface area contributed by atoms with E-state index in [1.54, 1.807) is 22.1 Å².